The van der Waals surface area contributed by atoms with E-state index < -0.39 is 36.2 Å². The van der Waals surface area contributed by atoms with Gasteiger partial charge in [-0.2, -0.15) is 0 Å². The van der Waals surface area contributed by atoms with E-state index in [9.17, 15) is 39.6 Å². The molecule has 0 spiro atoms. The number of rotatable bonds is 11. The highest BCUT2D eigenvalue weighted by Crippen LogP contribution is 2.43. The largest absolute Gasteiger partial charge is 0.480 e. The summed E-state index contributed by atoms with van der Waals surface area (Å²) in [7, 11) is 0. The molecule has 4 N–H and O–H groups in total. The van der Waals surface area contributed by atoms with Gasteiger partial charge in [-0.1, -0.05) is 59.6 Å². The molecule has 0 unspecified atom stereocenters. The van der Waals surface area contributed by atoms with E-state index in [-0.39, 0.29) is 50.1 Å². The molecule has 4 aromatic heterocycles. The number of hydrogen-bond acceptors (Lipinski definition) is 8. The molecule has 2 aromatic carbocycles. The quantitative estimate of drug-likeness (QED) is 0.146. The lowest BCUT2D eigenvalue weighted by Crippen LogP contribution is -2.39. The van der Waals surface area contributed by atoms with E-state index in [1.54, 1.807) is 39.9 Å². The number of aryl methyl sites for hydroxylation is 2. The fourth-order valence-electron chi connectivity index (χ4n) is 8.65. The van der Waals surface area contributed by atoms with E-state index in [1.807, 2.05) is 75.0 Å². The molecule has 0 amide bonds. The van der Waals surface area contributed by atoms with Crippen LogP contribution in [0.2, 0.25) is 10.0 Å². The smallest absolute Gasteiger partial charge is 0.321 e. The van der Waals surface area contributed by atoms with Crippen molar-refractivity contribution in [3.8, 4) is 33.4 Å². The van der Waals surface area contributed by atoms with Crippen molar-refractivity contribution < 1.29 is 30.0 Å². The van der Waals surface area contributed by atoms with Gasteiger partial charge in [0.25, 0.3) is 11.1 Å². The van der Waals surface area contributed by atoms with Gasteiger partial charge in [-0.15, -0.1) is 0 Å². The van der Waals surface area contributed by atoms with Crippen molar-refractivity contribution in [2.45, 2.75) is 64.1 Å². The van der Waals surface area contributed by atoms with Crippen LogP contribution in [-0.2, 0) is 22.7 Å². The third-order valence-corrected chi connectivity index (χ3v) is 12.4. The number of likely N-dealkylation sites (tertiary alicyclic amines) is 2. The second-order valence-electron chi connectivity index (χ2n) is 15.3. The van der Waals surface area contributed by atoms with Gasteiger partial charge in [-0.25, -0.2) is 0 Å². The van der Waals surface area contributed by atoms with Gasteiger partial charge in [0.1, 0.15) is 23.1 Å². The summed E-state index contributed by atoms with van der Waals surface area (Å²) in [5, 5.41) is 40.2. The summed E-state index contributed by atoms with van der Waals surface area (Å²) >= 11 is 14.3. The van der Waals surface area contributed by atoms with Crippen LogP contribution in [0.15, 0.2) is 82.9 Å². The molecule has 0 aliphatic carbocycles. The molecule has 2 saturated heterocycles. The Morgan fingerprint density at radius 2 is 1.00 bits per heavy atom. The van der Waals surface area contributed by atoms with Crippen LogP contribution in [0.25, 0.3) is 44.4 Å². The molecular formula is C42H42Cl2N6O8. The van der Waals surface area contributed by atoms with Crippen molar-refractivity contribution in [2.75, 3.05) is 26.2 Å². The fourth-order valence-corrected chi connectivity index (χ4v) is 9.33. The molecule has 302 valence electrons. The predicted octanol–water partition coefficient (Wildman–Crippen LogP) is 4.48. The molecule has 2 aliphatic rings. The molecule has 2 aliphatic heterocycles. The van der Waals surface area contributed by atoms with E-state index in [0.29, 0.717) is 78.9 Å². The number of carboxylic acids is 2. The van der Waals surface area contributed by atoms with Gasteiger partial charge in [0.2, 0.25) is 0 Å². The lowest BCUT2D eigenvalue weighted by Gasteiger charge is -2.21. The van der Waals surface area contributed by atoms with Crippen LogP contribution in [0, 0.1) is 13.8 Å². The number of halogens is 2. The third-order valence-electron chi connectivity index (χ3n) is 11.6. The first-order valence-electron chi connectivity index (χ1n) is 19.0. The standard InChI is InChI=1S/C42H42Cl2N6O8/c1-23-17-47-19-25(13-33(47)39(53)49(23)11-9-45-21-27(51)15-35(45)41(55)56)29-5-3-7-31(37(29)43)32-8-4-6-30(38(32)44)26-14-34-40(54)50(24(2)18-48(34)20-26)12-10-46-22-28(52)16-36(46)42(57)58/h3-8,13-14,17-20,27-28,35-36,51-52H,9-12,15-16,21-22H2,1-2H3,(H,55,56)(H,57,58)/t27-,28-,35+,36+/m1/s1. The van der Waals surface area contributed by atoms with Gasteiger partial charge < -0.3 is 38.4 Å². The molecular weight excluding hydrogens is 787 g/mol. The van der Waals surface area contributed by atoms with Gasteiger partial charge in [0, 0.05) is 122 Å². The molecule has 6 aromatic rings. The van der Waals surface area contributed by atoms with Gasteiger partial charge in [0.15, 0.2) is 0 Å². The van der Waals surface area contributed by atoms with E-state index in [0.717, 1.165) is 0 Å². The average molecular weight is 830 g/mol. The van der Waals surface area contributed by atoms with Crippen LogP contribution >= 0.6 is 23.2 Å². The van der Waals surface area contributed by atoms with Crippen molar-refractivity contribution >= 4 is 46.2 Å². The Kier molecular flexibility index (Phi) is 10.6. The van der Waals surface area contributed by atoms with E-state index in [4.69, 9.17) is 23.2 Å². The first kappa shape index (κ1) is 39.6. The Morgan fingerprint density at radius 3 is 1.38 bits per heavy atom. The summed E-state index contributed by atoms with van der Waals surface area (Å²) in [6.07, 6.45) is 6.23. The predicted molar refractivity (Wildman–Crippen MR) is 220 cm³/mol. The van der Waals surface area contributed by atoms with Crippen LogP contribution in [0.5, 0.6) is 0 Å². The van der Waals surface area contributed by atoms with Gasteiger partial charge >= 0.3 is 11.9 Å². The highest BCUT2D eigenvalue weighted by atomic mass is 35.5. The van der Waals surface area contributed by atoms with Gasteiger partial charge in [0.05, 0.1) is 22.3 Å². The maximum atomic E-state index is 13.8. The Morgan fingerprint density at radius 1 is 0.621 bits per heavy atom. The summed E-state index contributed by atoms with van der Waals surface area (Å²) in [4.78, 5) is 54.4. The highest BCUT2D eigenvalue weighted by Gasteiger charge is 2.37. The van der Waals surface area contributed by atoms with Crippen LogP contribution in [0.1, 0.15) is 24.2 Å². The van der Waals surface area contributed by atoms with Crippen LogP contribution < -0.4 is 11.1 Å². The Labute approximate surface area is 341 Å². The molecule has 2 fully saturated rings. The second-order valence-corrected chi connectivity index (χ2v) is 16.1. The average Bonchev–Trinajstić information content (AvgIpc) is 3.97. The zero-order chi connectivity index (χ0) is 41.2. The maximum absolute atomic E-state index is 13.8. The first-order chi connectivity index (χ1) is 27.7. The van der Waals surface area contributed by atoms with Crippen LogP contribution in [0.3, 0.4) is 0 Å². The number of hydrogen-bond donors (Lipinski definition) is 4. The Hall–Kier alpha value is -5.22. The minimum atomic E-state index is -0.994. The van der Waals surface area contributed by atoms with Crippen LogP contribution in [0.4, 0.5) is 0 Å². The number of carbonyl (C=O) groups is 2. The lowest BCUT2D eigenvalue weighted by molar-refractivity contribution is -0.143. The first-order valence-corrected chi connectivity index (χ1v) is 19.8. The van der Waals surface area contributed by atoms with E-state index >= 15 is 0 Å². The molecule has 16 heteroatoms. The second kappa shape index (κ2) is 15.5. The summed E-state index contributed by atoms with van der Waals surface area (Å²) in [6.45, 7) is 5.23. The third kappa shape index (κ3) is 7.14. The summed E-state index contributed by atoms with van der Waals surface area (Å²) < 4.78 is 6.75. The summed E-state index contributed by atoms with van der Waals surface area (Å²) in [5.41, 5.74) is 5.91. The molecule has 4 atom stereocenters. The SMILES string of the molecule is Cc1cn2cc(-c3cccc(-c4cccc(-c5cc6c(=O)n(CCN7C[C@H](O)C[C@H]7C(=O)O)c(C)cn6c5)c4Cl)c3Cl)cc2c(=O)n1CCN1C[C@H](O)C[C@H]1C(=O)O. The number of β-amino-alcohol motifs (C(OH)–C–C–N with tert-alkyl or cyclic N) is 2. The number of aromatic nitrogens is 4. The topological polar surface area (TPSA) is 174 Å². The number of benzene rings is 2. The molecule has 14 nitrogen and oxygen atoms in total. The molecule has 0 radical (unpaired) electrons. The number of fused-ring (bicyclic) bond motifs is 2. The molecule has 58 heavy (non-hydrogen) atoms. The zero-order valence-corrected chi connectivity index (χ0v) is 33.3. The maximum Gasteiger partial charge on any atom is 0.321 e. The molecule has 0 bridgehead atoms. The normalized spacial score (nSPS) is 20.2. The van der Waals surface area contributed by atoms with Crippen molar-refractivity contribution in [3.05, 3.63) is 115 Å². The zero-order valence-electron chi connectivity index (χ0n) is 31.8. The summed E-state index contributed by atoms with van der Waals surface area (Å²) in [5.74, 6) is -1.99. The van der Waals surface area contributed by atoms with Crippen LogP contribution in [-0.4, -0.2) is 111 Å². The fraction of sp³-hybridized carbons (Fsp3) is 0.333. The monoisotopic (exact) mass is 828 g/mol. The highest BCUT2D eigenvalue weighted by molar-refractivity contribution is 6.39. The number of carboxylic acid groups (broad SMARTS) is 2. The lowest BCUT2D eigenvalue weighted by atomic mass is 9.97. The molecule has 0 saturated carbocycles. The van der Waals surface area contributed by atoms with Gasteiger partial charge in [-0.3, -0.25) is 29.0 Å². The number of aliphatic hydroxyl groups is 2. The minimum absolute atomic E-state index is 0.151. The minimum Gasteiger partial charge on any atom is -0.480 e. The number of aliphatic hydroxyl groups excluding tert-OH is 2. The van der Waals surface area contributed by atoms with Crippen molar-refractivity contribution in [3.63, 3.8) is 0 Å². The Balaban J connectivity index is 1.07. The van der Waals surface area contributed by atoms with Crippen molar-refractivity contribution in [1.82, 2.24) is 27.7 Å². The summed E-state index contributed by atoms with van der Waals surface area (Å²) in [6, 6.07) is 13.2. The molecule has 6 heterocycles. The van der Waals surface area contributed by atoms with Crippen molar-refractivity contribution in [1.29, 1.82) is 0 Å². The van der Waals surface area contributed by atoms with Gasteiger partial charge in [-0.05, 0) is 26.0 Å². The van der Waals surface area contributed by atoms with Crippen molar-refractivity contribution in [2.24, 2.45) is 0 Å². The van der Waals surface area contributed by atoms with E-state index in [1.165, 1.54) is 0 Å². The number of aliphatic carboxylic acids is 2. The Bertz CT molecular complexity index is 2550. The van der Waals surface area contributed by atoms with E-state index in [2.05, 4.69) is 0 Å². The number of nitrogens with zero attached hydrogens (tertiary/aromatic N) is 6. The molecule has 8 rings (SSSR count).